The van der Waals surface area contributed by atoms with E-state index in [0.717, 1.165) is 55.5 Å². The second-order valence-corrected chi connectivity index (χ2v) is 9.33. The lowest BCUT2D eigenvalue weighted by molar-refractivity contribution is 0.0668. The van der Waals surface area contributed by atoms with Crippen molar-refractivity contribution in [2.24, 2.45) is 12.5 Å². The molecule has 1 unspecified atom stereocenters. The van der Waals surface area contributed by atoms with Gasteiger partial charge in [-0.25, -0.2) is 0 Å². The third kappa shape index (κ3) is 3.21. The molecule has 1 fully saturated rings. The molecule has 2 aromatic heterocycles. The van der Waals surface area contributed by atoms with Crippen LogP contribution in [0.3, 0.4) is 0 Å². The van der Waals surface area contributed by atoms with Crippen molar-refractivity contribution in [3.8, 4) is 0 Å². The van der Waals surface area contributed by atoms with E-state index in [1.807, 2.05) is 31.1 Å². The summed E-state index contributed by atoms with van der Waals surface area (Å²) < 4.78 is 2.12. The van der Waals surface area contributed by atoms with Gasteiger partial charge in [-0.3, -0.25) is 9.59 Å². The highest BCUT2D eigenvalue weighted by Gasteiger charge is 2.37. The summed E-state index contributed by atoms with van der Waals surface area (Å²) in [6.45, 7) is 6.92. The molecule has 1 saturated heterocycles. The maximum atomic E-state index is 13.7. The first-order chi connectivity index (χ1) is 13.3. The first-order valence-corrected chi connectivity index (χ1v) is 10.5. The molecular weight excluding hydrogens is 350 g/mol. The van der Waals surface area contributed by atoms with E-state index in [1.54, 1.807) is 0 Å². The molecule has 2 aromatic rings. The van der Waals surface area contributed by atoms with E-state index in [0.29, 0.717) is 12.1 Å². The zero-order valence-electron chi connectivity index (χ0n) is 17.5. The van der Waals surface area contributed by atoms with Crippen LogP contribution in [0.1, 0.15) is 89.8 Å². The summed E-state index contributed by atoms with van der Waals surface area (Å²) in [5, 5.41) is 0. The predicted octanol–water partition coefficient (Wildman–Crippen LogP) is 4.57. The van der Waals surface area contributed by atoms with Crippen LogP contribution in [0.5, 0.6) is 0 Å². The molecule has 0 saturated carbocycles. The minimum absolute atomic E-state index is 0.0330. The number of nitrogens with one attached hydrogen (secondary N) is 1. The monoisotopic (exact) mass is 381 g/mol. The van der Waals surface area contributed by atoms with Gasteiger partial charge in [-0.05, 0) is 49.3 Å². The van der Waals surface area contributed by atoms with E-state index in [1.165, 1.54) is 5.69 Å². The van der Waals surface area contributed by atoms with Crippen molar-refractivity contribution in [2.45, 2.75) is 65.3 Å². The molecule has 1 amide bonds. The zero-order chi connectivity index (χ0) is 20.1. The standard InChI is InChI=1S/C23H31N3O2/c1-15-20-16(13-23(2,3)14-19(20)27)24-21(15)22(28)26-12-7-5-6-9-18(26)17-10-8-11-25(17)4/h8,10-11,18,24H,5-7,9,12-14H2,1-4H3. The molecule has 4 rings (SSSR count). The Bertz CT molecular complexity index is 918. The molecule has 1 atom stereocenters. The number of aromatic amines is 1. The van der Waals surface area contributed by atoms with E-state index < -0.39 is 0 Å². The number of hydrogen-bond acceptors (Lipinski definition) is 2. The number of carbonyl (C=O) groups is 2. The number of ketones is 1. The van der Waals surface area contributed by atoms with Crippen molar-refractivity contribution in [2.75, 3.05) is 6.54 Å². The van der Waals surface area contributed by atoms with E-state index in [-0.39, 0.29) is 23.1 Å². The molecule has 1 aliphatic carbocycles. The lowest BCUT2D eigenvalue weighted by Crippen LogP contribution is -2.36. The summed E-state index contributed by atoms with van der Waals surface area (Å²) in [4.78, 5) is 31.8. The third-order valence-electron chi connectivity index (χ3n) is 6.45. The van der Waals surface area contributed by atoms with Gasteiger partial charge >= 0.3 is 0 Å². The van der Waals surface area contributed by atoms with Gasteiger partial charge in [0.05, 0.1) is 6.04 Å². The van der Waals surface area contributed by atoms with Crippen molar-refractivity contribution in [1.82, 2.24) is 14.5 Å². The smallest absolute Gasteiger partial charge is 0.271 e. The van der Waals surface area contributed by atoms with Crippen LogP contribution < -0.4 is 0 Å². The maximum Gasteiger partial charge on any atom is 0.271 e. The number of nitrogens with zero attached hydrogens (tertiary/aromatic N) is 2. The SMILES string of the molecule is Cc1c(C(=O)N2CCCCCC2c2cccn2C)[nH]c2c1C(=O)CC(C)(C)C2. The first kappa shape index (κ1) is 19.0. The van der Waals surface area contributed by atoms with Gasteiger partial charge in [0.1, 0.15) is 5.69 Å². The number of hydrogen-bond donors (Lipinski definition) is 1. The largest absolute Gasteiger partial charge is 0.354 e. The van der Waals surface area contributed by atoms with Gasteiger partial charge in [0, 0.05) is 43.2 Å². The van der Waals surface area contributed by atoms with E-state index in [2.05, 4.69) is 29.5 Å². The van der Waals surface area contributed by atoms with Crippen LogP contribution in [0.25, 0.3) is 0 Å². The van der Waals surface area contributed by atoms with Gasteiger partial charge in [0.15, 0.2) is 5.78 Å². The number of fused-ring (bicyclic) bond motifs is 1. The predicted molar refractivity (Wildman–Crippen MR) is 110 cm³/mol. The van der Waals surface area contributed by atoms with Crippen molar-refractivity contribution < 1.29 is 9.59 Å². The summed E-state index contributed by atoms with van der Waals surface area (Å²) in [6.07, 6.45) is 7.69. The quantitative estimate of drug-likeness (QED) is 0.828. The number of rotatable bonds is 2. The van der Waals surface area contributed by atoms with Crippen LogP contribution >= 0.6 is 0 Å². The molecule has 5 heteroatoms. The van der Waals surface area contributed by atoms with Crippen molar-refractivity contribution in [3.05, 3.63) is 46.5 Å². The van der Waals surface area contributed by atoms with E-state index >= 15 is 0 Å². The Morgan fingerprint density at radius 3 is 2.71 bits per heavy atom. The maximum absolute atomic E-state index is 13.7. The molecular formula is C23H31N3O2. The van der Waals surface area contributed by atoms with Gasteiger partial charge in [0.2, 0.25) is 0 Å². The lowest BCUT2D eigenvalue weighted by atomic mass is 9.75. The molecule has 28 heavy (non-hydrogen) atoms. The minimum Gasteiger partial charge on any atom is -0.354 e. The lowest BCUT2D eigenvalue weighted by Gasteiger charge is -2.30. The molecule has 0 radical (unpaired) electrons. The Balaban J connectivity index is 1.72. The fourth-order valence-corrected chi connectivity index (χ4v) is 5.07. The topological polar surface area (TPSA) is 58.1 Å². The summed E-state index contributed by atoms with van der Waals surface area (Å²) in [5.74, 6) is 0.194. The minimum atomic E-state index is -0.0596. The number of aryl methyl sites for hydroxylation is 1. The fourth-order valence-electron chi connectivity index (χ4n) is 5.07. The number of H-pyrrole nitrogens is 1. The third-order valence-corrected chi connectivity index (χ3v) is 6.45. The number of likely N-dealkylation sites (tertiary alicyclic amines) is 1. The van der Waals surface area contributed by atoms with Gasteiger partial charge in [0.25, 0.3) is 5.91 Å². The normalized spacial score (nSPS) is 22.1. The molecule has 0 aromatic carbocycles. The molecule has 5 nitrogen and oxygen atoms in total. The average molecular weight is 382 g/mol. The van der Waals surface area contributed by atoms with Crippen LogP contribution in [0.15, 0.2) is 18.3 Å². The summed E-state index contributed by atoms with van der Waals surface area (Å²) in [7, 11) is 2.04. The number of carbonyl (C=O) groups excluding carboxylic acids is 2. The molecule has 150 valence electrons. The van der Waals surface area contributed by atoms with Crippen LogP contribution in [-0.2, 0) is 13.5 Å². The molecule has 0 spiro atoms. The van der Waals surface area contributed by atoms with Gasteiger partial charge < -0.3 is 14.5 Å². The van der Waals surface area contributed by atoms with Crippen molar-refractivity contribution in [3.63, 3.8) is 0 Å². The van der Waals surface area contributed by atoms with E-state index in [4.69, 9.17) is 0 Å². The molecule has 1 N–H and O–H groups in total. The Morgan fingerprint density at radius 2 is 2.00 bits per heavy atom. The summed E-state index contributed by atoms with van der Waals surface area (Å²) in [5.41, 5.74) is 4.25. The van der Waals surface area contributed by atoms with Crippen LogP contribution in [0.4, 0.5) is 0 Å². The van der Waals surface area contributed by atoms with Crippen LogP contribution in [0, 0.1) is 12.3 Å². The van der Waals surface area contributed by atoms with Crippen LogP contribution in [0.2, 0.25) is 0 Å². The fraction of sp³-hybridized carbons (Fsp3) is 0.565. The molecule has 1 aliphatic heterocycles. The summed E-state index contributed by atoms with van der Waals surface area (Å²) in [6, 6.07) is 4.25. The highest BCUT2D eigenvalue weighted by molar-refractivity contribution is 6.04. The van der Waals surface area contributed by atoms with Gasteiger partial charge in [-0.1, -0.05) is 26.7 Å². The van der Waals surface area contributed by atoms with Crippen molar-refractivity contribution >= 4 is 11.7 Å². The second-order valence-electron chi connectivity index (χ2n) is 9.33. The van der Waals surface area contributed by atoms with Crippen LogP contribution in [-0.4, -0.2) is 32.7 Å². The molecule has 0 bridgehead atoms. The van der Waals surface area contributed by atoms with Gasteiger partial charge in [-0.2, -0.15) is 0 Å². The second kappa shape index (κ2) is 6.94. The molecule has 3 heterocycles. The number of amides is 1. The highest BCUT2D eigenvalue weighted by atomic mass is 16.2. The Kier molecular flexibility index (Phi) is 4.72. The summed E-state index contributed by atoms with van der Waals surface area (Å²) >= 11 is 0. The first-order valence-electron chi connectivity index (χ1n) is 10.5. The van der Waals surface area contributed by atoms with Crippen molar-refractivity contribution in [1.29, 1.82) is 0 Å². The Hall–Kier alpha value is -2.30. The van der Waals surface area contributed by atoms with E-state index in [9.17, 15) is 9.59 Å². The molecule has 2 aliphatic rings. The Labute approximate surface area is 167 Å². The highest BCUT2D eigenvalue weighted by Crippen LogP contribution is 2.38. The Morgan fingerprint density at radius 1 is 1.21 bits per heavy atom. The zero-order valence-corrected chi connectivity index (χ0v) is 17.5. The number of Topliss-reactive ketones (excluding diaryl/α,β-unsaturated/α-hetero) is 1. The number of aromatic nitrogens is 2. The average Bonchev–Trinajstić information content (AvgIpc) is 3.07. The van der Waals surface area contributed by atoms with Gasteiger partial charge in [-0.15, -0.1) is 0 Å².